The van der Waals surface area contributed by atoms with Crippen LogP contribution in [0.1, 0.15) is 59.3 Å². The van der Waals surface area contributed by atoms with E-state index in [4.69, 9.17) is 32.7 Å². The zero-order chi connectivity index (χ0) is 18.9. The second-order valence-corrected chi connectivity index (χ2v) is 6.85. The van der Waals surface area contributed by atoms with Gasteiger partial charge in [-0.25, -0.2) is 0 Å². The van der Waals surface area contributed by atoms with Crippen molar-refractivity contribution >= 4 is 35.1 Å². The Labute approximate surface area is 159 Å². The number of carbonyl (C=O) groups is 2. The van der Waals surface area contributed by atoms with Gasteiger partial charge in [0.15, 0.2) is 5.41 Å². The summed E-state index contributed by atoms with van der Waals surface area (Å²) in [7, 11) is 0. The number of benzene rings is 1. The number of esters is 2. The second-order valence-electron chi connectivity index (χ2n) is 5.98. The lowest BCUT2D eigenvalue weighted by molar-refractivity contribution is -0.168. The molecule has 0 aliphatic heterocycles. The van der Waals surface area contributed by atoms with E-state index in [1.807, 2.05) is 0 Å². The van der Waals surface area contributed by atoms with E-state index in [0.29, 0.717) is 29.5 Å². The van der Waals surface area contributed by atoms with Crippen LogP contribution in [-0.2, 0) is 14.3 Å². The highest BCUT2D eigenvalue weighted by molar-refractivity contribution is 6.34. The van der Waals surface area contributed by atoms with Crippen LogP contribution >= 0.6 is 23.2 Å². The monoisotopic (exact) mass is 388 g/mol. The summed E-state index contributed by atoms with van der Waals surface area (Å²) in [6, 6.07) is 4.51. The number of ether oxygens (including phenoxy) is 2. The lowest BCUT2D eigenvalue weighted by Gasteiger charge is -2.26. The molecule has 0 aliphatic carbocycles. The van der Waals surface area contributed by atoms with Crippen molar-refractivity contribution in [2.45, 2.75) is 59.3 Å². The smallest absolute Gasteiger partial charge is 0.328 e. The zero-order valence-electron chi connectivity index (χ0n) is 15.1. The Hall–Kier alpha value is -1.26. The second kappa shape index (κ2) is 10.7. The predicted octanol–water partition coefficient (Wildman–Crippen LogP) is 5.83. The molecule has 0 atom stereocenters. The molecule has 0 aromatic heterocycles. The highest BCUT2D eigenvalue weighted by Crippen LogP contribution is 2.32. The fourth-order valence-electron chi connectivity index (χ4n) is 2.53. The summed E-state index contributed by atoms with van der Waals surface area (Å²) in [4.78, 5) is 25.2. The number of rotatable bonds is 10. The maximum Gasteiger partial charge on any atom is 0.328 e. The average Bonchev–Trinajstić information content (AvgIpc) is 2.55. The average molecular weight is 389 g/mol. The Morgan fingerprint density at radius 2 is 1.52 bits per heavy atom. The van der Waals surface area contributed by atoms with Gasteiger partial charge in [-0.3, -0.25) is 9.59 Å². The molecule has 0 unspecified atom stereocenters. The van der Waals surface area contributed by atoms with Crippen molar-refractivity contribution in [2.75, 3.05) is 6.61 Å². The highest BCUT2D eigenvalue weighted by Gasteiger charge is 2.46. The van der Waals surface area contributed by atoms with Gasteiger partial charge in [-0.2, -0.15) is 0 Å². The van der Waals surface area contributed by atoms with Gasteiger partial charge in [-0.05, 0) is 37.5 Å². The first kappa shape index (κ1) is 21.8. The van der Waals surface area contributed by atoms with Gasteiger partial charge in [-0.15, -0.1) is 0 Å². The molecule has 0 radical (unpaired) electrons. The molecule has 6 heteroatoms. The summed E-state index contributed by atoms with van der Waals surface area (Å²) in [5.74, 6) is -0.967. The summed E-state index contributed by atoms with van der Waals surface area (Å²) in [6.45, 7) is 5.97. The Bertz CT molecular complexity index is 563. The fraction of sp³-hybridized carbons (Fsp3) is 0.579. The van der Waals surface area contributed by atoms with Crippen molar-refractivity contribution in [3.8, 4) is 5.75 Å². The molecule has 25 heavy (non-hydrogen) atoms. The van der Waals surface area contributed by atoms with Crippen molar-refractivity contribution < 1.29 is 19.1 Å². The SMILES string of the molecule is CCCCCCOC(=O)C(CC)(CC)C(=O)Oc1cc(Cl)cc(Cl)c1. The largest absolute Gasteiger partial charge is 0.465 e. The predicted molar refractivity (Wildman–Crippen MR) is 100 cm³/mol. The van der Waals surface area contributed by atoms with Crippen molar-refractivity contribution in [1.29, 1.82) is 0 Å². The highest BCUT2D eigenvalue weighted by atomic mass is 35.5. The first-order chi connectivity index (χ1) is 11.9. The third kappa shape index (κ3) is 6.19. The molecule has 140 valence electrons. The summed E-state index contributed by atoms with van der Waals surface area (Å²) >= 11 is 11.8. The summed E-state index contributed by atoms with van der Waals surface area (Å²) < 4.78 is 10.7. The lowest BCUT2D eigenvalue weighted by atomic mass is 9.82. The first-order valence-electron chi connectivity index (χ1n) is 8.75. The number of hydrogen-bond donors (Lipinski definition) is 0. The molecule has 0 amide bonds. The third-order valence-electron chi connectivity index (χ3n) is 4.27. The molecule has 0 saturated carbocycles. The van der Waals surface area contributed by atoms with Gasteiger partial charge < -0.3 is 9.47 Å². The summed E-state index contributed by atoms with van der Waals surface area (Å²) in [5.41, 5.74) is -1.32. The van der Waals surface area contributed by atoms with Crippen molar-refractivity contribution in [3.05, 3.63) is 28.2 Å². The molecule has 1 rings (SSSR count). The maximum absolute atomic E-state index is 12.7. The van der Waals surface area contributed by atoms with Crippen molar-refractivity contribution in [1.82, 2.24) is 0 Å². The summed E-state index contributed by atoms with van der Waals surface area (Å²) in [6.07, 6.45) is 4.59. The molecule has 1 aromatic carbocycles. The van der Waals surface area contributed by atoms with Gasteiger partial charge in [0.2, 0.25) is 0 Å². The van der Waals surface area contributed by atoms with E-state index in [1.165, 1.54) is 18.2 Å². The van der Waals surface area contributed by atoms with E-state index < -0.39 is 17.4 Å². The molecule has 0 fully saturated rings. The third-order valence-corrected chi connectivity index (χ3v) is 4.70. The minimum Gasteiger partial charge on any atom is -0.465 e. The normalized spacial score (nSPS) is 11.2. The molecule has 0 N–H and O–H groups in total. The van der Waals surface area contributed by atoms with Gasteiger partial charge in [-0.1, -0.05) is 63.2 Å². The van der Waals surface area contributed by atoms with Crippen LogP contribution in [0.25, 0.3) is 0 Å². The number of unbranched alkanes of at least 4 members (excludes halogenated alkanes) is 3. The van der Waals surface area contributed by atoms with Gasteiger partial charge in [0.1, 0.15) is 5.75 Å². The number of hydrogen-bond acceptors (Lipinski definition) is 4. The van der Waals surface area contributed by atoms with Crippen LogP contribution in [0.15, 0.2) is 18.2 Å². The molecule has 0 saturated heterocycles. The Balaban J connectivity index is 2.80. The minimum absolute atomic E-state index is 0.213. The molecule has 0 spiro atoms. The molecule has 0 heterocycles. The Morgan fingerprint density at radius 3 is 2.04 bits per heavy atom. The number of halogens is 2. The fourth-order valence-corrected chi connectivity index (χ4v) is 3.04. The molecule has 0 bridgehead atoms. The quantitative estimate of drug-likeness (QED) is 0.219. The Kier molecular flexibility index (Phi) is 9.30. The van der Waals surface area contributed by atoms with E-state index in [1.54, 1.807) is 13.8 Å². The standard InChI is InChI=1S/C19H26Cl2O4/c1-4-7-8-9-10-24-17(22)19(5-2,6-3)18(23)25-16-12-14(20)11-15(21)13-16/h11-13H,4-10H2,1-3H3. The van der Waals surface area contributed by atoms with E-state index in [0.717, 1.165) is 25.7 Å². The van der Waals surface area contributed by atoms with Crippen molar-refractivity contribution in [3.63, 3.8) is 0 Å². The van der Waals surface area contributed by atoms with E-state index in [9.17, 15) is 9.59 Å². The van der Waals surface area contributed by atoms with Gasteiger partial charge in [0, 0.05) is 10.0 Å². The first-order valence-corrected chi connectivity index (χ1v) is 9.50. The van der Waals surface area contributed by atoms with Gasteiger partial charge in [0.05, 0.1) is 6.61 Å². The molecular formula is C19H26Cl2O4. The maximum atomic E-state index is 12.7. The molecule has 1 aromatic rings. The molecule has 4 nitrogen and oxygen atoms in total. The van der Waals surface area contributed by atoms with E-state index in [-0.39, 0.29) is 5.75 Å². The van der Waals surface area contributed by atoms with Crippen LogP contribution in [0.2, 0.25) is 10.0 Å². The van der Waals surface area contributed by atoms with E-state index in [2.05, 4.69) is 6.92 Å². The molecular weight excluding hydrogens is 363 g/mol. The van der Waals surface area contributed by atoms with E-state index >= 15 is 0 Å². The summed E-state index contributed by atoms with van der Waals surface area (Å²) in [5, 5.41) is 0.708. The van der Waals surface area contributed by atoms with Gasteiger partial charge >= 0.3 is 11.9 Å². The van der Waals surface area contributed by atoms with Gasteiger partial charge in [0.25, 0.3) is 0 Å². The number of carbonyl (C=O) groups excluding carboxylic acids is 2. The van der Waals surface area contributed by atoms with Crippen LogP contribution in [0.5, 0.6) is 5.75 Å². The van der Waals surface area contributed by atoms with Crippen LogP contribution < -0.4 is 4.74 Å². The van der Waals surface area contributed by atoms with Crippen molar-refractivity contribution in [2.24, 2.45) is 5.41 Å². The van der Waals surface area contributed by atoms with Crippen LogP contribution in [-0.4, -0.2) is 18.5 Å². The zero-order valence-corrected chi connectivity index (χ0v) is 16.6. The lowest BCUT2D eigenvalue weighted by Crippen LogP contribution is -2.42. The minimum atomic E-state index is -1.32. The Morgan fingerprint density at radius 1 is 0.920 bits per heavy atom. The topological polar surface area (TPSA) is 52.6 Å². The van der Waals surface area contributed by atoms with Crippen LogP contribution in [0.3, 0.4) is 0 Å². The van der Waals surface area contributed by atoms with Crippen LogP contribution in [0, 0.1) is 5.41 Å². The molecule has 0 aliphatic rings. The van der Waals surface area contributed by atoms with Crippen LogP contribution in [0.4, 0.5) is 0 Å².